The Morgan fingerprint density at radius 3 is 2.73 bits per heavy atom. The summed E-state index contributed by atoms with van der Waals surface area (Å²) in [4.78, 5) is 0. The molecule has 1 heterocycles. The molecular formula is C11H18BrN3. The van der Waals surface area contributed by atoms with Gasteiger partial charge < -0.3 is 5.32 Å². The lowest BCUT2D eigenvalue weighted by Gasteiger charge is -2.21. The van der Waals surface area contributed by atoms with Crippen LogP contribution >= 0.6 is 15.9 Å². The normalized spacial score (nSPS) is 11.7. The average Bonchev–Trinajstić information content (AvgIpc) is 2.47. The van der Waals surface area contributed by atoms with E-state index in [-0.39, 0.29) is 5.54 Å². The fourth-order valence-electron chi connectivity index (χ4n) is 1.10. The quantitative estimate of drug-likeness (QED) is 0.854. The minimum atomic E-state index is 0.133. The van der Waals surface area contributed by atoms with Crippen LogP contribution in [-0.2, 0) is 6.54 Å². The van der Waals surface area contributed by atoms with E-state index in [1.165, 1.54) is 0 Å². The maximum absolute atomic E-state index is 4.18. The highest BCUT2D eigenvalue weighted by atomic mass is 79.9. The molecule has 3 nitrogen and oxygen atoms in total. The van der Waals surface area contributed by atoms with Crippen LogP contribution < -0.4 is 5.32 Å². The van der Waals surface area contributed by atoms with E-state index in [1.807, 2.05) is 10.9 Å². The van der Waals surface area contributed by atoms with Crippen molar-refractivity contribution < 1.29 is 0 Å². The van der Waals surface area contributed by atoms with Crippen molar-refractivity contribution in [3.05, 3.63) is 29.0 Å². The lowest BCUT2D eigenvalue weighted by molar-refractivity contribution is 0.438. The Hall–Kier alpha value is -0.610. The van der Waals surface area contributed by atoms with Crippen LogP contribution in [-0.4, -0.2) is 21.9 Å². The van der Waals surface area contributed by atoms with Crippen molar-refractivity contribution in [3.8, 4) is 0 Å². The largest absolute Gasteiger partial charge is 0.308 e. The molecule has 0 aliphatic rings. The zero-order chi connectivity index (χ0) is 11.5. The van der Waals surface area contributed by atoms with Crippen molar-refractivity contribution in [2.45, 2.75) is 32.9 Å². The molecule has 84 valence electrons. The number of hydrogen-bond donors (Lipinski definition) is 1. The second kappa shape index (κ2) is 4.94. The van der Waals surface area contributed by atoms with Crippen molar-refractivity contribution in [1.29, 1.82) is 0 Å². The maximum atomic E-state index is 4.18. The van der Waals surface area contributed by atoms with Crippen LogP contribution in [0.15, 0.2) is 29.0 Å². The molecule has 0 unspecified atom stereocenters. The number of hydrogen-bond acceptors (Lipinski definition) is 2. The highest BCUT2D eigenvalue weighted by Crippen LogP contribution is 2.08. The first-order valence-corrected chi connectivity index (χ1v) is 5.76. The highest BCUT2D eigenvalue weighted by Gasteiger charge is 2.08. The van der Waals surface area contributed by atoms with Crippen molar-refractivity contribution in [3.63, 3.8) is 0 Å². The van der Waals surface area contributed by atoms with Gasteiger partial charge in [-0.25, -0.2) is 0 Å². The van der Waals surface area contributed by atoms with E-state index in [0.717, 1.165) is 23.1 Å². The van der Waals surface area contributed by atoms with E-state index in [0.29, 0.717) is 0 Å². The topological polar surface area (TPSA) is 29.9 Å². The molecule has 0 aromatic carbocycles. The van der Waals surface area contributed by atoms with Crippen LogP contribution in [0.25, 0.3) is 0 Å². The Kier molecular flexibility index (Phi) is 4.11. The van der Waals surface area contributed by atoms with Crippen LogP contribution in [0.3, 0.4) is 0 Å². The van der Waals surface area contributed by atoms with Crippen molar-refractivity contribution in [1.82, 2.24) is 15.1 Å². The van der Waals surface area contributed by atoms with E-state index in [9.17, 15) is 0 Å². The van der Waals surface area contributed by atoms with Crippen LogP contribution in [0.2, 0.25) is 0 Å². The zero-order valence-electron chi connectivity index (χ0n) is 9.55. The minimum Gasteiger partial charge on any atom is -0.308 e. The molecular weight excluding hydrogens is 254 g/mol. The zero-order valence-corrected chi connectivity index (χ0v) is 11.1. The van der Waals surface area contributed by atoms with Gasteiger partial charge in [0.15, 0.2) is 0 Å². The molecule has 0 radical (unpaired) electrons. The number of rotatable bonds is 4. The Morgan fingerprint density at radius 2 is 2.27 bits per heavy atom. The summed E-state index contributed by atoms with van der Waals surface area (Å²) in [5.41, 5.74) is 1.26. The maximum Gasteiger partial charge on any atom is 0.0632 e. The molecule has 0 bridgehead atoms. The van der Waals surface area contributed by atoms with Crippen molar-refractivity contribution >= 4 is 15.9 Å². The molecule has 0 spiro atoms. The molecule has 0 saturated heterocycles. The van der Waals surface area contributed by atoms with Gasteiger partial charge in [0.1, 0.15) is 0 Å². The molecule has 0 aliphatic carbocycles. The Balaban J connectivity index is 2.37. The number of nitrogens with zero attached hydrogens (tertiary/aromatic N) is 2. The van der Waals surface area contributed by atoms with Crippen molar-refractivity contribution in [2.24, 2.45) is 0 Å². The van der Waals surface area contributed by atoms with Gasteiger partial charge in [0.25, 0.3) is 0 Å². The fraction of sp³-hybridized carbons (Fsp3) is 0.545. The molecule has 0 fully saturated rings. The molecule has 1 rings (SSSR count). The minimum absolute atomic E-state index is 0.133. The summed E-state index contributed by atoms with van der Waals surface area (Å²) in [6, 6.07) is 0. The van der Waals surface area contributed by atoms with E-state index in [2.05, 4.69) is 53.7 Å². The van der Waals surface area contributed by atoms with Gasteiger partial charge in [-0.05, 0) is 42.3 Å². The van der Waals surface area contributed by atoms with Gasteiger partial charge in [0.2, 0.25) is 0 Å². The average molecular weight is 272 g/mol. The summed E-state index contributed by atoms with van der Waals surface area (Å²) in [6.07, 6.45) is 3.73. The fourth-order valence-corrected chi connectivity index (χ4v) is 1.43. The summed E-state index contributed by atoms with van der Waals surface area (Å²) in [5, 5.41) is 7.58. The van der Waals surface area contributed by atoms with Gasteiger partial charge in [0, 0.05) is 18.3 Å². The molecule has 15 heavy (non-hydrogen) atoms. The summed E-state index contributed by atoms with van der Waals surface area (Å²) in [7, 11) is 0. The van der Waals surface area contributed by atoms with Crippen LogP contribution in [0.1, 0.15) is 20.8 Å². The van der Waals surface area contributed by atoms with Gasteiger partial charge >= 0.3 is 0 Å². The Morgan fingerprint density at radius 1 is 1.60 bits per heavy atom. The van der Waals surface area contributed by atoms with E-state index in [1.54, 1.807) is 6.20 Å². The lowest BCUT2D eigenvalue weighted by atomic mass is 10.1. The lowest BCUT2D eigenvalue weighted by Crippen LogP contribution is -2.37. The third-order valence-electron chi connectivity index (χ3n) is 1.86. The van der Waals surface area contributed by atoms with Crippen molar-refractivity contribution in [2.75, 3.05) is 6.54 Å². The molecule has 1 aromatic heterocycles. The summed E-state index contributed by atoms with van der Waals surface area (Å²) < 4.78 is 2.87. The third-order valence-corrected chi connectivity index (χ3v) is 2.27. The molecule has 0 amide bonds. The van der Waals surface area contributed by atoms with Crippen LogP contribution in [0.5, 0.6) is 0 Å². The molecule has 0 atom stereocenters. The van der Waals surface area contributed by atoms with E-state index >= 15 is 0 Å². The third kappa shape index (κ3) is 5.14. The Bertz CT molecular complexity index is 336. The summed E-state index contributed by atoms with van der Waals surface area (Å²) >= 11 is 3.36. The molecule has 1 aromatic rings. The summed E-state index contributed by atoms with van der Waals surface area (Å²) in [6.45, 7) is 12.0. The highest BCUT2D eigenvalue weighted by molar-refractivity contribution is 9.10. The van der Waals surface area contributed by atoms with Gasteiger partial charge in [-0.15, -0.1) is 0 Å². The number of aromatic nitrogens is 2. The first-order valence-electron chi connectivity index (χ1n) is 4.96. The van der Waals surface area contributed by atoms with Crippen LogP contribution in [0, 0.1) is 0 Å². The Labute approximate surface area is 99.7 Å². The first-order chi connectivity index (χ1) is 6.87. The smallest absolute Gasteiger partial charge is 0.0632 e. The second-order valence-electron chi connectivity index (χ2n) is 4.71. The molecule has 0 saturated carbocycles. The SMILES string of the molecule is C=C(CNC(C)(C)C)Cn1cc(Br)cn1. The number of halogens is 1. The van der Waals surface area contributed by atoms with E-state index < -0.39 is 0 Å². The second-order valence-corrected chi connectivity index (χ2v) is 5.63. The van der Waals surface area contributed by atoms with Gasteiger partial charge in [-0.2, -0.15) is 5.10 Å². The summed E-state index contributed by atoms with van der Waals surface area (Å²) in [5.74, 6) is 0. The molecule has 1 N–H and O–H groups in total. The van der Waals surface area contributed by atoms with E-state index in [4.69, 9.17) is 0 Å². The standard InChI is InChI=1S/C11H18BrN3/c1-9(5-13-11(2,3)4)7-15-8-10(12)6-14-15/h6,8,13H,1,5,7H2,2-4H3. The molecule has 4 heteroatoms. The predicted octanol–water partition coefficient (Wildman–Crippen LogP) is 2.59. The van der Waals surface area contributed by atoms with Gasteiger partial charge in [-0.1, -0.05) is 6.58 Å². The van der Waals surface area contributed by atoms with Crippen LogP contribution in [0.4, 0.5) is 0 Å². The predicted molar refractivity (Wildman–Crippen MR) is 66.8 cm³/mol. The van der Waals surface area contributed by atoms with Gasteiger partial charge in [-0.3, -0.25) is 4.68 Å². The number of nitrogens with one attached hydrogen (secondary N) is 1. The first kappa shape index (κ1) is 12.5. The monoisotopic (exact) mass is 271 g/mol. The molecule has 0 aliphatic heterocycles. The van der Waals surface area contributed by atoms with Gasteiger partial charge in [0.05, 0.1) is 17.2 Å².